The van der Waals surface area contributed by atoms with E-state index < -0.39 is 4.92 Å². The third kappa shape index (κ3) is 2.91. The molecule has 0 aliphatic carbocycles. The van der Waals surface area contributed by atoms with Crippen LogP contribution in [0.15, 0.2) is 18.5 Å². The molecule has 2 heterocycles. The molecule has 1 aromatic heterocycles. The van der Waals surface area contributed by atoms with Crippen LogP contribution in [0.1, 0.15) is 19.8 Å². The van der Waals surface area contributed by atoms with Gasteiger partial charge in [0.15, 0.2) is 0 Å². The number of hydrogen-bond donors (Lipinski definition) is 1. The van der Waals surface area contributed by atoms with Crippen LogP contribution in [0.2, 0.25) is 0 Å². The molecule has 1 aromatic rings. The van der Waals surface area contributed by atoms with Gasteiger partial charge in [-0.1, -0.05) is 0 Å². The van der Waals surface area contributed by atoms with Crippen molar-refractivity contribution >= 4 is 5.69 Å². The maximum Gasteiger partial charge on any atom is 0.291 e. The number of nitrogens with one attached hydrogen (secondary N) is 1. The second kappa shape index (κ2) is 5.09. The Labute approximate surface area is 99.2 Å². The van der Waals surface area contributed by atoms with Gasteiger partial charge in [0, 0.05) is 6.04 Å². The SMILES string of the molecule is CC(Oc1cncc([N+](=O)[O-])c1)[C@@H]1CCCN1. The Morgan fingerprint density at radius 1 is 1.65 bits per heavy atom. The first-order valence-corrected chi connectivity index (χ1v) is 5.66. The molecule has 0 radical (unpaired) electrons. The van der Waals surface area contributed by atoms with Crippen molar-refractivity contribution in [3.05, 3.63) is 28.6 Å². The highest BCUT2D eigenvalue weighted by atomic mass is 16.6. The van der Waals surface area contributed by atoms with Crippen LogP contribution in [-0.2, 0) is 0 Å². The second-order valence-corrected chi connectivity index (χ2v) is 4.16. The molecular weight excluding hydrogens is 222 g/mol. The van der Waals surface area contributed by atoms with Gasteiger partial charge in [-0.05, 0) is 26.3 Å². The zero-order chi connectivity index (χ0) is 12.3. The van der Waals surface area contributed by atoms with Crippen molar-refractivity contribution in [3.8, 4) is 5.75 Å². The molecule has 1 saturated heterocycles. The molecule has 1 aliphatic heterocycles. The molecule has 0 bridgehead atoms. The highest BCUT2D eigenvalue weighted by molar-refractivity contribution is 5.33. The van der Waals surface area contributed by atoms with Crippen molar-refractivity contribution in [3.63, 3.8) is 0 Å². The molecule has 1 fully saturated rings. The van der Waals surface area contributed by atoms with Crippen LogP contribution >= 0.6 is 0 Å². The van der Waals surface area contributed by atoms with E-state index in [1.165, 1.54) is 18.5 Å². The van der Waals surface area contributed by atoms with Crippen LogP contribution in [-0.4, -0.2) is 28.6 Å². The molecule has 1 unspecified atom stereocenters. The summed E-state index contributed by atoms with van der Waals surface area (Å²) in [6.45, 7) is 2.97. The summed E-state index contributed by atoms with van der Waals surface area (Å²) in [4.78, 5) is 13.9. The van der Waals surface area contributed by atoms with Gasteiger partial charge >= 0.3 is 0 Å². The third-order valence-electron chi connectivity index (χ3n) is 2.90. The monoisotopic (exact) mass is 237 g/mol. The number of rotatable bonds is 4. The van der Waals surface area contributed by atoms with E-state index in [1.54, 1.807) is 0 Å². The van der Waals surface area contributed by atoms with Crippen LogP contribution < -0.4 is 10.1 Å². The van der Waals surface area contributed by atoms with Gasteiger partial charge in [0.05, 0.1) is 17.2 Å². The zero-order valence-electron chi connectivity index (χ0n) is 9.63. The number of pyridine rings is 1. The lowest BCUT2D eigenvalue weighted by Gasteiger charge is -2.20. The Hall–Kier alpha value is -1.69. The maximum absolute atomic E-state index is 10.6. The van der Waals surface area contributed by atoms with E-state index in [0.717, 1.165) is 19.4 Å². The molecule has 1 N–H and O–H groups in total. The van der Waals surface area contributed by atoms with E-state index >= 15 is 0 Å². The van der Waals surface area contributed by atoms with E-state index in [1.807, 2.05) is 6.92 Å². The van der Waals surface area contributed by atoms with Gasteiger partial charge in [0.2, 0.25) is 0 Å². The zero-order valence-corrected chi connectivity index (χ0v) is 9.63. The predicted molar refractivity (Wildman–Crippen MR) is 62.0 cm³/mol. The van der Waals surface area contributed by atoms with Gasteiger partial charge in [-0.25, -0.2) is 0 Å². The Bertz CT molecular complexity index is 405. The first-order chi connectivity index (χ1) is 8.16. The van der Waals surface area contributed by atoms with Gasteiger partial charge in [-0.15, -0.1) is 0 Å². The summed E-state index contributed by atoms with van der Waals surface area (Å²) >= 11 is 0. The summed E-state index contributed by atoms with van der Waals surface area (Å²) in [5.41, 5.74) is -0.0471. The summed E-state index contributed by atoms with van der Waals surface area (Å²) in [5.74, 6) is 0.445. The van der Waals surface area contributed by atoms with Crippen molar-refractivity contribution in [2.45, 2.75) is 31.9 Å². The van der Waals surface area contributed by atoms with Gasteiger partial charge < -0.3 is 10.1 Å². The maximum atomic E-state index is 10.6. The average molecular weight is 237 g/mol. The number of nitrogens with zero attached hydrogens (tertiary/aromatic N) is 2. The largest absolute Gasteiger partial charge is 0.487 e. The molecular formula is C11H15N3O3. The summed E-state index contributed by atoms with van der Waals surface area (Å²) in [5, 5.41) is 13.9. The normalized spacial score (nSPS) is 21.1. The molecule has 0 saturated carbocycles. The third-order valence-corrected chi connectivity index (χ3v) is 2.90. The van der Waals surface area contributed by atoms with Crippen molar-refractivity contribution in [1.82, 2.24) is 10.3 Å². The fourth-order valence-electron chi connectivity index (χ4n) is 1.98. The summed E-state index contributed by atoms with van der Waals surface area (Å²) < 4.78 is 5.66. The van der Waals surface area contributed by atoms with Gasteiger partial charge in [-0.2, -0.15) is 0 Å². The lowest BCUT2D eigenvalue weighted by Crippen LogP contribution is -2.36. The van der Waals surface area contributed by atoms with Crippen LogP contribution in [0.5, 0.6) is 5.75 Å². The molecule has 1 aliphatic rings. The van der Waals surface area contributed by atoms with Gasteiger partial charge in [0.25, 0.3) is 5.69 Å². The fourth-order valence-corrected chi connectivity index (χ4v) is 1.98. The molecule has 2 atom stereocenters. The Balaban J connectivity index is 2.02. The lowest BCUT2D eigenvalue weighted by atomic mass is 10.1. The second-order valence-electron chi connectivity index (χ2n) is 4.16. The molecule has 6 heteroatoms. The molecule has 6 nitrogen and oxygen atoms in total. The van der Waals surface area contributed by atoms with Gasteiger partial charge in [-0.3, -0.25) is 15.1 Å². The van der Waals surface area contributed by atoms with E-state index in [0.29, 0.717) is 11.8 Å². The fraction of sp³-hybridized carbons (Fsp3) is 0.545. The van der Waals surface area contributed by atoms with E-state index in [9.17, 15) is 10.1 Å². The quantitative estimate of drug-likeness (QED) is 0.634. The molecule has 92 valence electrons. The highest BCUT2D eigenvalue weighted by Crippen LogP contribution is 2.20. The van der Waals surface area contributed by atoms with Crippen molar-refractivity contribution in [2.75, 3.05) is 6.54 Å². The Morgan fingerprint density at radius 2 is 2.47 bits per heavy atom. The standard InChI is InChI=1S/C11H15N3O3/c1-8(11-3-2-4-13-11)17-10-5-9(14(15)16)6-12-7-10/h5-8,11,13H,2-4H2,1H3/t8?,11-/m0/s1. The van der Waals surface area contributed by atoms with E-state index in [4.69, 9.17) is 4.74 Å². The minimum absolute atomic E-state index is 0.0127. The van der Waals surface area contributed by atoms with E-state index in [-0.39, 0.29) is 11.8 Å². The Kier molecular flexibility index (Phi) is 3.53. The first kappa shape index (κ1) is 11.8. The van der Waals surface area contributed by atoms with Crippen LogP contribution in [0, 0.1) is 10.1 Å². The highest BCUT2D eigenvalue weighted by Gasteiger charge is 2.22. The topological polar surface area (TPSA) is 77.3 Å². The average Bonchev–Trinajstić information content (AvgIpc) is 2.82. The summed E-state index contributed by atoms with van der Waals surface area (Å²) in [6, 6.07) is 1.72. The minimum Gasteiger partial charge on any atom is -0.487 e. The van der Waals surface area contributed by atoms with Crippen LogP contribution in [0.3, 0.4) is 0 Å². The first-order valence-electron chi connectivity index (χ1n) is 5.66. The molecule has 0 amide bonds. The summed E-state index contributed by atoms with van der Waals surface area (Å²) in [6.07, 6.45) is 4.92. The number of ether oxygens (including phenoxy) is 1. The molecule has 0 spiro atoms. The molecule has 2 rings (SSSR count). The lowest BCUT2D eigenvalue weighted by molar-refractivity contribution is -0.385. The minimum atomic E-state index is -0.474. The van der Waals surface area contributed by atoms with Crippen LogP contribution in [0.25, 0.3) is 0 Å². The van der Waals surface area contributed by atoms with Crippen molar-refractivity contribution in [1.29, 1.82) is 0 Å². The molecule has 17 heavy (non-hydrogen) atoms. The number of nitro groups is 1. The van der Waals surface area contributed by atoms with Crippen molar-refractivity contribution < 1.29 is 9.66 Å². The predicted octanol–water partition coefficient (Wildman–Crippen LogP) is 1.51. The summed E-state index contributed by atoms with van der Waals surface area (Å²) in [7, 11) is 0. The van der Waals surface area contributed by atoms with E-state index in [2.05, 4.69) is 10.3 Å². The number of hydrogen-bond acceptors (Lipinski definition) is 5. The number of aromatic nitrogens is 1. The van der Waals surface area contributed by atoms with Gasteiger partial charge in [0.1, 0.15) is 18.1 Å². The van der Waals surface area contributed by atoms with Crippen LogP contribution in [0.4, 0.5) is 5.69 Å². The van der Waals surface area contributed by atoms with Crippen molar-refractivity contribution in [2.24, 2.45) is 0 Å². The smallest absolute Gasteiger partial charge is 0.291 e. The molecule has 0 aromatic carbocycles. The Morgan fingerprint density at radius 3 is 3.12 bits per heavy atom.